The van der Waals surface area contributed by atoms with Crippen LogP contribution in [0.15, 0.2) is 77.7 Å². The van der Waals surface area contributed by atoms with E-state index < -0.39 is 27.5 Å². The number of carbonyl (C=O) groups excluding carboxylic acids is 2. The van der Waals surface area contributed by atoms with E-state index in [2.05, 4.69) is 22.2 Å². The number of nitrogens with one attached hydrogen (secondary N) is 1. The van der Waals surface area contributed by atoms with E-state index in [-0.39, 0.29) is 41.0 Å². The fourth-order valence-corrected chi connectivity index (χ4v) is 8.31. The number of nitrogens with zero attached hydrogens (tertiary/aromatic N) is 4. The van der Waals surface area contributed by atoms with E-state index in [1.165, 1.54) is 19.2 Å². The van der Waals surface area contributed by atoms with E-state index in [0.29, 0.717) is 42.8 Å². The van der Waals surface area contributed by atoms with Gasteiger partial charge in [-0.25, -0.2) is 13.2 Å². The molecule has 6 rings (SSSR count). The lowest BCUT2D eigenvalue weighted by atomic mass is 9.83. The molecule has 3 aliphatic rings. The number of piperazine rings is 1. The Kier molecular flexibility index (Phi) is 11.9. The smallest absolute Gasteiger partial charge is 0.318 e. The fourth-order valence-electron chi connectivity index (χ4n) is 6.83. The summed E-state index contributed by atoms with van der Waals surface area (Å²) in [5.74, 6) is -0.0618. The fraction of sp³-hybridized carbons (Fsp3) is 0.412. The molecule has 3 aromatic carbocycles. The summed E-state index contributed by atoms with van der Waals surface area (Å²) in [5, 5.41) is 3.06. The number of benzene rings is 3. The Labute approximate surface area is 295 Å². The maximum Gasteiger partial charge on any atom is 0.318 e. The van der Waals surface area contributed by atoms with E-state index in [4.69, 9.17) is 9.47 Å². The molecule has 0 aromatic heterocycles. The van der Waals surface area contributed by atoms with Gasteiger partial charge in [0.05, 0.1) is 24.3 Å². The van der Waals surface area contributed by atoms with Crippen molar-refractivity contribution in [3.05, 3.63) is 83.9 Å². The van der Waals surface area contributed by atoms with Crippen LogP contribution >= 0.6 is 24.8 Å². The van der Waals surface area contributed by atoms with Gasteiger partial charge in [0, 0.05) is 43.3 Å². The van der Waals surface area contributed by atoms with Crippen LogP contribution in [0, 0.1) is 0 Å². The van der Waals surface area contributed by atoms with Gasteiger partial charge in [0.1, 0.15) is 11.5 Å². The monoisotopic (exact) mass is 719 g/mol. The Balaban J connectivity index is 0.00000260. The number of urea groups is 1. The first-order chi connectivity index (χ1) is 22.2. The summed E-state index contributed by atoms with van der Waals surface area (Å²) in [7, 11) is -0.746. The maximum absolute atomic E-state index is 15.0. The number of hydrogen-bond donors (Lipinski definition) is 1. The summed E-state index contributed by atoms with van der Waals surface area (Å²) in [6.45, 7) is 6.63. The number of rotatable bonds is 8. The van der Waals surface area contributed by atoms with Crippen molar-refractivity contribution in [3.63, 3.8) is 0 Å². The molecule has 11 nitrogen and oxygen atoms in total. The Morgan fingerprint density at radius 3 is 2.19 bits per heavy atom. The highest BCUT2D eigenvalue weighted by molar-refractivity contribution is 7.93. The molecule has 3 aliphatic heterocycles. The van der Waals surface area contributed by atoms with Gasteiger partial charge in [-0.3, -0.25) is 9.69 Å². The van der Waals surface area contributed by atoms with E-state index in [0.717, 1.165) is 43.3 Å². The molecule has 14 heteroatoms. The Bertz CT molecular complexity index is 1700. The standard InChI is InChI=1S/C34H41N5O6S.2ClH/c1-4-45-31-13-9-8-12-28(31)34(35-33(41)38-22-20-37(21-23-38)25-16-18-36(2)19-17-25)29-24-26(44-3)14-15-30(29)39(32(34)40)46(42,43)27-10-6-5-7-11-27;;/h5-15,24-25H,4,16-23H2,1-3H3,(H,35,41);2*1H. The quantitative estimate of drug-likeness (QED) is 0.366. The lowest BCUT2D eigenvalue weighted by Gasteiger charge is -2.43. The average Bonchev–Trinajstić information content (AvgIpc) is 3.33. The van der Waals surface area contributed by atoms with Gasteiger partial charge in [-0.1, -0.05) is 36.4 Å². The first-order valence-corrected chi connectivity index (χ1v) is 17.2. The van der Waals surface area contributed by atoms with Crippen LogP contribution in [-0.4, -0.2) is 101 Å². The third kappa shape index (κ3) is 6.69. The van der Waals surface area contributed by atoms with Crippen molar-refractivity contribution in [1.29, 1.82) is 0 Å². The van der Waals surface area contributed by atoms with Crippen LogP contribution in [0.3, 0.4) is 0 Å². The zero-order chi connectivity index (χ0) is 32.5. The van der Waals surface area contributed by atoms with Crippen LogP contribution in [0.1, 0.15) is 30.9 Å². The summed E-state index contributed by atoms with van der Waals surface area (Å²) in [6, 6.07) is 19.5. The number of halogens is 2. The second kappa shape index (κ2) is 15.3. The van der Waals surface area contributed by atoms with Gasteiger partial charge >= 0.3 is 6.03 Å². The maximum atomic E-state index is 15.0. The number of likely N-dealkylation sites (tertiary alicyclic amines) is 1. The number of hydrogen-bond acceptors (Lipinski definition) is 8. The molecule has 2 saturated heterocycles. The van der Waals surface area contributed by atoms with Crippen LogP contribution in [0.2, 0.25) is 0 Å². The Morgan fingerprint density at radius 2 is 1.54 bits per heavy atom. The lowest BCUT2D eigenvalue weighted by Crippen LogP contribution is -2.61. The van der Waals surface area contributed by atoms with Crippen molar-refractivity contribution >= 4 is 52.5 Å². The van der Waals surface area contributed by atoms with Gasteiger partial charge in [0.15, 0.2) is 5.54 Å². The van der Waals surface area contributed by atoms with Crippen molar-refractivity contribution in [1.82, 2.24) is 20.0 Å². The third-order valence-electron chi connectivity index (χ3n) is 9.30. The van der Waals surface area contributed by atoms with Gasteiger partial charge < -0.3 is 24.6 Å². The molecule has 3 heterocycles. The summed E-state index contributed by atoms with van der Waals surface area (Å²) in [5.41, 5.74) is -1.18. The molecule has 2 fully saturated rings. The number of carbonyl (C=O) groups is 2. The number of fused-ring (bicyclic) bond motifs is 1. The highest BCUT2D eigenvalue weighted by atomic mass is 35.5. The number of piperidine rings is 1. The van der Waals surface area contributed by atoms with E-state index in [1.54, 1.807) is 65.6 Å². The minimum atomic E-state index is -4.38. The summed E-state index contributed by atoms with van der Waals surface area (Å²) >= 11 is 0. The minimum Gasteiger partial charge on any atom is -0.497 e. The van der Waals surface area contributed by atoms with Crippen molar-refractivity contribution in [2.24, 2.45) is 0 Å². The average molecular weight is 721 g/mol. The van der Waals surface area contributed by atoms with Gasteiger partial charge in [0.25, 0.3) is 15.9 Å². The summed E-state index contributed by atoms with van der Waals surface area (Å²) < 4.78 is 40.7. The number of methoxy groups -OCH3 is 1. The normalized spacial score (nSPS) is 20.4. The topological polar surface area (TPSA) is 112 Å². The van der Waals surface area contributed by atoms with Crippen molar-refractivity contribution in [2.45, 2.75) is 36.2 Å². The van der Waals surface area contributed by atoms with Gasteiger partial charge in [-0.2, -0.15) is 4.31 Å². The molecule has 3 aromatic rings. The molecule has 0 bridgehead atoms. The SMILES string of the molecule is CCOc1ccccc1C1(NC(=O)N2CCN(C3CCN(C)CC3)CC2)C(=O)N(S(=O)(=O)c2ccccc2)c2ccc(OC)cc21.Cl.Cl. The van der Waals surface area contributed by atoms with Gasteiger partial charge in [-0.15, -0.1) is 24.8 Å². The first kappa shape index (κ1) is 37.3. The summed E-state index contributed by atoms with van der Waals surface area (Å²) in [4.78, 5) is 35.7. The van der Waals surface area contributed by atoms with Crippen LogP contribution in [-0.2, 0) is 20.4 Å². The Morgan fingerprint density at radius 1 is 0.896 bits per heavy atom. The second-order valence-electron chi connectivity index (χ2n) is 11.9. The van der Waals surface area contributed by atoms with Crippen LogP contribution in [0.5, 0.6) is 11.5 Å². The predicted octanol–water partition coefficient (Wildman–Crippen LogP) is 4.34. The lowest BCUT2D eigenvalue weighted by molar-refractivity contribution is -0.121. The zero-order valence-corrected chi connectivity index (χ0v) is 29.8. The number of para-hydroxylation sites is 1. The number of sulfonamides is 1. The molecule has 0 spiro atoms. The van der Waals surface area contributed by atoms with Crippen LogP contribution < -0.4 is 19.1 Å². The van der Waals surface area contributed by atoms with E-state index in [1.807, 2.05) is 6.92 Å². The third-order valence-corrected chi connectivity index (χ3v) is 11.0. The highest BCUT2D eigenvalue weighted by Crippen LogP contribution is 2.50. The second-order valence-corrected chi connectivity index (χ2v) is 13.7. The largest absolute Gasteiger partial charge is 0.497 e. The zero-order valence-electron chi connectivity index (χ0n) is 27.3. The number of amides is 3. The molecule has 1 unspecified atom stereocenters. The van der Waals surface area contributed by atoms with Crippen LogP contribution in [0.4, 0.5) is 10.5 Å². The predicted molar refractivity (Wildman–Crippen MR) is 189 cm³/mol. The Hall–Kier alpha value is -3.55. The van der Waals surface area contributed by atoms with Crippen LogP contribution in [0.25, 0.3) is 0 Å². The molecule has 48 heavy (non-hydrogen) atoms. The molecule has 260 valence electrons. The molecule has 1 N–H and O–H groups in total. The van der Waals surface area contributed by atoms with Crippen molar-refractivity contribution in [2.75, 3.05) is 64.3 Å². The molecular weight excluding hydrogens is 677 g/mol. The van der Waals surface area contributed by atoms with Gasteiger partial charge in [-0.05, 0) is 76.3 Å². The molecule has 0 radical (unpaired) electrons. The number of ether oxygens (including phenoxy) is 2. The highest BCUT2D eigenvalue weighted by Gasteiger charge is 2.58. The molecule has 0 aliphatic carbocycles. The minimum absolute atomic E-state index is 0. The van der Waals surface area contributed by atoms with E-state index in [9.17, 15) is 18.0 Å². The van der Waals surface area contributed by atoms with E-state index >= 15 is 0 Å². The molecule has 0 saturated carbocycles. The van der Waals surface area contributed by atoms with Crippen molar-refractivity contribution < 1.29 is 27.5 Å². The first-order valence-electron chi connectivity index (χ1n) is 15.8. The molecule has 3 amide bonds. The van der Waals surface area contributed by atoms with Gasteiger partial charge in [0.2, 0.25) is 0 Å². The molecule has 1 atom stereocenters. The number of anilines is 1. The van der Waals surface area contributed by atoms with Crippen molar-refractivity contribution in [3.8, 4) is 11.5 Å². The molecular formula is C34H43Cl2N5O6S. The summed E-state index contributed by atoms with van der Waals surface area (Å²) in [6.07, 6.45) is 2.19.